The minimum Gasteiger partial charge on any atom is -0.0558 e. The summed E-state index contributed by atoms with van der Waals surface area (Å²) < 4.78 is 0. The van der Waals surface area contributed by atoms with E-state index in [1.807, 2.05) is 0 Å². The highest BCUT2D eigenvalue weighted by Gasteiger charge is 1.98. The van der Waals surface area contributed by atoms with E-state index >= 15 is 0 Å². The predicted molar refractivity (Wildman–Crippen MR) is 49.7 cm³/mol. The van der Waals surface area contributed by atoms with E-state index in [1.54, 1.807) is 0 Å². The zero-order valence-electron chi connectivity index (χ0n) is 7.57. The normalized spacial score (nSPS) is 10.2. The van der Waals surface area contributed by atoms with Gasteiger partial charge in [-0.2, -0.15) is 0 Å². The summed E-state index contributed by atoms with van der Waals surface area (Å²) in [6.45, 7) is 10.3. The number of hydrogen-bond acceptors (Lipinski definition) is 0. The molecule has 1 radical (unpaired) electrons. The molecule has 0 aliphatic rings. The molecule has 0 heterocycles. The zero-order valence-corrected chi connectivity index (χ0v) is 7.57. The van der Waals surface area contributed by atoms with Crippen molar-refractivity contribution in [3.63, 3.8) is 0 Å². The average Bonchev–Trinajstić information content (AvgIpc) is 1.97. The van der Waals surface area contributed by atoms with Crippen LogP contribution in [0.3, 0.4) is 0 Å². The molecule has 0 N–H and O–H groups in total. The van der Waals surface area contributed by atoms with Crippen LogP contribution in [0.5, 0.6) is 0 Å². The van der Waals surface area contributed by atoms with E-state index in [9.17, 15) is 0 Å². The molecule has 59 valence electrons. The SMILES string of the molecule is [CH2]Cc1cc(C)c(C)cc1C. The van der Waals surface area contributed by atoms with Crippen LogP contribution in [0.4, 0.5) is 0 Å². The molecule has 1 aromatic rings. The summed E-state index contributed by atoms with van der Waals surface area (Å²) in [6.07, 6.45) is 0.896. The lowest BCUT2D eigenvalue weighted by Gasteiger charge is -2.06. The molecule has 0 atom stereocenters. The van der Waals surface area contributed by atoms with Crippen LogP contribution in [0.15, 0.2) is 12.1 Å². The first-order valence-electron chi connectivity index (χ1n) is 4.01. The number of aryl methyl sites for hydroxylation is 3. The smallest absolute Gasteiger partial charge is 0.0276 e. The maximum absolute atomic E-state index is 3.89. The van der Waals surface area contributed by atoms with Crippen molar-refractivity contribution in [3.8, 4) is 0 Å². The molecule has 0 fully saturated rings. The first-order valence-corrected chi connectivity index (χ1v) is 4.01. The molecular formula is C11H15. The minimum atomic E-state index is 0.896. The molecule has 0 amide bonds. The Labute approximate surface area is 69.3 Å². The summed E-state index contributed by atoms with van der Waals surface area (Å²) >= 11 is 0. The van der Waals surface area contributed by atoms with Gasteiger partial charge in [0, 0.05) is 0 Å². The topological polar surface area (TPSA) is 0 Å². The van der Waals surface area contributed by atoms with E-state index in [1.165, 1.54) is 22.3 Å². The van der Waals surface area contributed by atoms with Crippen LogP contribution < -0.4 is 0 Å². The molecule has 0 saturated carbocycles. The monoisotopic (exact) mass is 147 g/mol. The molecule has 0 aliphatic heterocycles. The van der Waals surface area contributed by atoms with Gasteiger partial charge in [0.05, 0.1) is 0 Å². The van der Waals surface area contributed by atoms with Crippen LogP contribution in [0, 0.1) is 27.7 Å². The molecule has 0 unspecified atom stereocenters. The van der Waals surface area contributed by atoms with Crippen LogP contribution in [0.1, 0.15) is 22.3 Å². The number of hydrogen-bond donors (Lipinski definition) is 0. The Kier molecular flexibility index (Phi) is 2.33. The maximum atomic E-state index is 3.89. The highest BCUT2D eigenvalue weighted by molar-refractivity contribution is 5.36. The van der Waals surface area contributed by atoms with Crippen molar-refractivity contribution in [3.05, 3.63) is 41.3 Å². The molecule has 0 saturated heterocycles. The van der Waals surface area contributed by atoms with Gasteiger partial charge in [0.15, 0.2) is 0 Å². The van der Waals surface area contributed by atoms with Gasteiger partial charge in [-0.05, 0) is 56.4 Å². The molecule has 11 heavy (non-hydrogen) atoms. The number of rotatable bonds is 1. The molecule has 1 aromatic carbocycles. The van der Waals surface area contributed by atoms with Crippen molar-refractivity contribution in [2.24, 2.45) is 0 Å². The second-order valence-corrected chi connectivity index (χ2v) is 3.11. The summed E-state index contributed by atoms with van der Waals surface area (Å²) in [5, 5.41) is 0. The highest BCUT2D eigenvalue weighted by Crippen LogP contribution is 2.15. The van der Waals surface area contributed by atoms with Gasteiger partial charge in [-0.3, -0.25) is 0 Å². The Hall–Kier alpha value is -0.780. The van der Waals surface area contributed by atoms with Gasteiger partial charge in [0.2, 0.25) is 0 Å². The quantitative estimate of drug-likeness (QED) is 0.573. The molecule has 0 spiro atoms. The van der Waals surface area contributed by atoms with Gasteiger partial charge in [-0.25, -0.2) is 0 Å². The predicted octanol–water partition coefficient (Wildman–Crippen LogP) is 2.99. The Morgan fingerprint density at radius 1 is 1.00 bits per heavy atom. The lowest BCUT2D eigenvalue weighted by molar-refractivity contribution is 1.17. The van der Waals surface area contributed by atoms with Crippen molar-refractivity contribution < 1.29 is 0 Å². The molecular weight excluding hydrogens is 132 g/mol. The summed E-state index contributed by atoms with van der Waals surface area (Å²) in [5.41, 5.74) is 5.48. The lowest BCUT2D eigenvalue weighted by atomic mass is 9.99. The second kappa shape index (κ2) is 3.08. The van der Waals surface area contributed by atoms with E-state index in [-0.39, 0.29) is 0 Å². The van der Waals surface area contributed by atoms with Crippen LogP contribution >= 0.6 is 0 Å². The van der Waals surface area contributed by atoms with Gasteiger partial charge < -0.3 is 0 Å². The van der Waals surface area contributed by atoms with Gasteiger partial charge in [-0.15, -0.1) is 0 Å². The maximum Gasteiger partial charge on any atom is -0.0276 e. The third-order valence-electron chi connectivity index (χ3n) is 2.22. The molecule has 0 bridgehead atoms. The van der Waals surface area contributed by atoms with Crippen LogP contribution in [-0.2, 0) is 6.42 Å². The Balaban J connectivity index is 3.21. The number of benzene rings is 1. The summed E-state index contributed by atoms with van der Waals surface area (Å²) in [4.78, 5) is 0. The van der Waals surface area contributed by atoms with Gasteiger partial charge in [0.1, 0.15) is 0 Å². The van der Waals surface area contributed by atoms with E-state index < -0.39 is 0 Å². The first kappa shape index (κ1) is 8.32. The second-order valence-electron chi connectivity index (χ2n) is 3.11. The van der Waals surface area contributed by atoms with Crippen LogP contribution in [-0.4, -0.2) is 0 Å². The fourth-order valence-corrected chi connectivity index (χ4v) is 1.29. The van der Waals surface area contributed by atoms with Gasteiger partial charge in [-0.1, -0.05) is 12.1 Å². The van der Waals surface area contributed by atoms with E-state index in [4.69, 9.17) is 0 Å². The van der Waals surface area contributed by atoms with Crippen molar-refractivity contribution in [2.75, 3.05) is 0 Å². The van der Waals surface area contributed by atoms with E-state index in [0.717, 1.165) is 6.42 Å². The van der Waals surface area contributed by atoms with Crippen molar-refractivity contribution >= 4 is 0 Å². The molecule has 1 rings (SSSR count). The molecule has 0 aliphatic carbocycles. The minimum absolute atomic E-state index is 0.896. The fourth-order valence-electron chi connectivity index (χ4n) is 1.29. The van der Waals surface area contributed by atoms with Gasteiger partial charge in [0.25, 0.3) is 0 Å². The van der Waals surface area contributed by atoms with E-state index in [2.05, 4.69) is 39.8 Å². The Morgan fingerprint density at radius 3 is 2.09 bits per heavy atom. The summed E-state index contributed by atoms with van der Waals surface area (Å²) in [5.74, 6) is 0. The zero-order chi connectivity index (χ0) is 8.43. The first-order chi connectivity index (χ1) is 5.15. The fraction of sp³-hybridized carbons (Fsp3) is 0.364. The lowest BCUT2D eigenvalue weighted by Crippen LogP contribution is -1.90. The van der Waals surface area contributed by atoms with Gasteiger partial charge >= 0.3 is 0 Å². The van der Waals surface area contributed by atoms with Crippen molar-refractivity contribution in [1.29, 1.82) is 0 Å². The third kappa shape index (κ3) is 1.62. The Morgan fingerprint density at radius 2 is 1.55 bits per heavy atom. The van der Waals surface area contributed by atoms with E-state index in [0.29, 0.717) is 0 Å². The third-order valence-corrected chi connectivity index (χ3v) is 2.22. The standard InChI is InChI=1S/C11H15/c1-5-11-7-9(3)8(2)6-10(11)4/h6-7H,1,5H2,2-4H3. The van der Waals surface area contributed by atoms with Crippen LogP contribution in [0.25, 0.3) is 0 Å². The Bertz CT molecular complexity index is 259. The van der Waals surface area contributed by atoms with Crippen molar-refractivity contribution in [2.45, 2.75) is 27.2 Å². The molecule has 0 aromatic heterocycles. The molecule has 0 nitrogen and oxygen atoms in total. The van der Waals surface area contributed by atoms with Crippen molar-refractivity contribution in [1.82, 2.24) is 0 Å². The highest BCUT2D eigenvalue weighted by atomic mass is 14.0. The summed E-state index contributed by atoms with van der Waals surface area (Å²) in [7, 11) is 0. The largest absolute Gasteiger partial charge is 0.0558 e. The summed E-state index contributed by atoms with van der Waals surface area (Å²) in [6, 6.07) is 4.47. The molecule has 0 heteroatoms. The van der Waals surface area contributed by atoms with Crippen LogP contribution in [0.2, 0.25) is 0 Å². The average molecular weight is 147 g/mol.